The van der Waals surface area contributed by atoms with E-state index in [1.165, 1.54) is 36.5 Å². The van der Waals surface area contributed by atoms with Crippen LogP contribution in [0.1, 0.15) is 23.0 Å². The number of carbonyl (C=O) groups excluding carboxylic acids is 2. The Kier molecular flexibility index (Phi) is 5.93. The largest absolute Gasteiger partial charge is 0.352 e. The van der Waals surface area contributed by atoms with Gasteiger partial charge in [0.2, 0.25) is 5.91 Å². The van der Waals surface area contributed by atoms with E-state index in [1.54, 1.807) is 6.07 Å². The Bertz CT molecular complexity index is 971. The molecule has 2 amide bonds. The second kappa shape index (κ2) is 8.55. The third kappa shape index (κ3) is 5.21. The van der Waals surface area contributed by atoms with Crippen molar-refractivity contribution >= 4 is 28.8 Å². The molecule has 0 aliphatic heterocycles. The van der Waals surface area contributed by atoms with Crippen molar-refractivity contribution in [2.45, 2.75) is 13.3 Å². The molecule has 0 saturated heterocycles. The average molecular weight is 383 g/mol. The number of hydrogen-bond donors (Lipinski definition) is 2. The number of nitrogens with one attached hydrogen (secondary N) is 2. The third-order valence-electron chi connectivity index (χ3n) is 3.74. The first-order valence-electron chi connectivity index (χ1n) is 8.37. The smallest absolute Gasteiger partial charge is 0.251 e. The van der Waals surface area contributed by atoms with Crippen molar-refractivity contribution in [3.63, 3.8) is 0 Å². The maximum atomic E-state index is 13.2. The topological polar surface area (TPSA) is 71.1 Å². The van der Waals surface area contributed by atoms with Gasteiger partial charge in [-0.1, -0.05) is 18.2 Å². The molecule has 1 heterocycles. The molecule has 3 aromatic rings. The highest BCUT2D eigenvalue weighted by Crippen LogP contribution is 2.26. The summed E-state index contributed by atoms with van der Waals surface area (Å²) in [5, 5.41) is 8.30. The van der Waals surface area contributed by atoms with Crippen LogP contribution in [-0.4, -0.2) is 23.3 Å². The molecule has 0 saturated carbocycles. The van der Waals surface area contributed by atoms with Gasteiger partial charge in [-0.2, -0.15) is 0 Å². The van der Waals surface area contributed by atoms with Crippen molar-refractivity contribution in [3.8, 4) is 10.6 Å². The minimum absolute atomic E-state index is 0.124. The van der Waals surface area contributed by atoms with Gasteiger partial charge < -0.3 is 10.6 Å². The highest BCUT2D eigenvalue weighted by atomic mass is 32.1. The van der Waals surface area contributed by atoms with Crippen LogP contribution in [0.2, 0.25) is 0 Å². The molecular formula is C20H18FN3O2S. The number of carbonyl (C=O) groups is 2. The summed E-state index contributed by atoms with van der Waals surface area (Å²) in [5.74, 6) is -0.873. The average Bonchev–Trinajstić information content (AvgIpc) is 3.10. The van der Waals surface area contributed by atoms with E-state index in [9.17, 15) is 14.0 Å². The zero-order valence-corrected chi connectivity index (χ0v) is 15.5. The van der Waals surface area contributed by atoms with Gasteiger partial charge in [0.1, 0.15) is 10.8 Å². The van der Waals surface area contributed by atoms with Crippen molar-refractivity contribution in [1.82, 2.24) is 10.3 Å². The highest BCUT2D eigenvalue weighted by molar-refractivity contribution is 7.13. The van der Waals surface area contributed by atoms with Crippen LogP contribution in [0.25, 0.3) is 10.6 Å². The van der Waals surface area contributed by atoms with Gasteiger partial charge in [-0.05, 0) is 30.3 Å². The Hall–Kier alpha value is -3.06. The van der Waals surface area contributed by atoms with Gasteiger partial charge in [-0.25, -0.2) is 9.37 Å². The number of rotatable bonds is 6. The number of aromatic nitrogens is 1. The second-order valence-corrected chi connectivity index (χ2v) is 6.78. The fourth-order valence-corrected chi connectivity index (χ4v) is 3.37. The Balaban J connectivity index is 1.58. The van der Waals surface area contributed by atoms with Gasteiger partial charge in [0, 0.05) is 42.1 Å². The number of hydrogen-bond acceptors (Lipinski definition) is 4. The van der Waals surface area contributed by atoms with E-state index in [-0.39, 0.29) is 11.8 Å². The van der Waals surface area contributed by atoms with Crippen LogP contribution in [0.5, 0.6) is 0 Å². The van der Waals surface area contributed by atoms with Crippen LogP contribution >= 0.6 is 11.3 Å². The summed E-state index contributed by atoms with van der Waals surface area (Å²) in [6.07, 6.45) is 0.572. The maximum Gasteiger partial charge on any atom is 0.251 e. The lowest BCUT2D eigenvalue weighted by Crippen LogP contribution is -2.25. The molecule has 0 aliphatic carbocycles. The monoisotopic (exact) mass is 383 g/mol. The minimum atomic E-state index is -0.437. The molecule has 0 aliphatic rings. The zero-order valence-electron chi connectivity index (χ0n) is 14.7. The van der Waals surface area contributed by atoms with Gasteiger partial charge in [-0.3, -0.25) is 9.59 Å². The van der Waals surface area contributed by atoms with Crippen LogP contribution in [0.3, 0.4) is 0 Å². The Morgan fingerprint density at radius 2 is 1.96 bits per heavy atom. The van der Waals surface area contributed by atoms with Gasteiger partial charge in [-0.15, -0.1) is 11.3 Å². The van der Waals surface area contributed by atoms with Crippen LogP contribution in [0.4, 0.5) is 10.1 Å². The quantitative estimate of drug-likeness (QED) is 0.679. The van der Waals surface area contributed by atoms with Gasteiger partial charge in [0.05, 0.1) is 5.69 Å². The third-order valence-corrected chi connectivity index (χ3v) is 4.68. The first-order valence-corrected chi connectivity index (χ1v) is 9.25. The highest BCUT2D eigenvalue weighted by Gasteiger charge is 2.08. The lowest BCUT2D eigenvalue weighted by molar-refractivity contribution is -0.114. The van der Waals surface area contributed by atoms with E-state index in [2.05, 4.69) is 15.6 Å². The molecule has 27 heavy (non-hydrogen) atoms. The summed E-state index contributed by atoms with van der Waals surface area (Å²) in [7, 11) is 0. The maximum absolute atomic E-state index is 13.2. The van der Waals surface area contributed by atoms with Crippen molar-refractivity contribution in [3.05, 3.63) is 71.0 Å². The standard InChI is InChI=1S/C20H18FN3O2S/c1-13(25)23-17-7-3-5-15(11-17)20-24-18(12-27-20)8-9-22-19(26)14-4-2-6-16(21)10-14/h2-7,10-12H,8-9H2,1H3,(H,22,26)(H,23,25). The number of amides is 2. The molecule has 2 N–H and O–H groups in total. The normalized spacial score (nSPS) is 10.4. The van der Waals surface area contributed by atoms with E-state index in [0.29, 0.717) is 18.5 Å². The van der Waals surface area contributed by atoms with E-state index >= 15 is 0 Å². The SMILES string of the molecule is CC(=O)Nc1cccc(-c2nc(CCNC(=O)c3cccc(F)c3)cs2)c1. The summed E-state index contributed by atoms with van der Waals surface area (Å²) in [5.41, 5.74) is 2.80. The molecule has 5 nitrogen and oxygen atoms in total. The number of benzene rings is 2. The van der Waals surface area contributed by atoms with Gasteiger partial charge >= 0.3 is 0 Å². The molecule has 0 unspecified atom stereocenters. The van der Waals surface area contributed by atoms with E-state index in [4.69, 9.17) is 0 Å². The van der Waals surface area contributed by atoms with Crippen molar-refractivity contribution < 1.29 is 14.0 Å². The number of anilines is 1. The van der Waals surface area contributed by atoms with Crippen molar-refractivity contribution in [2.24, 2.45) is 0 Å². The summed E-state index contributed by atoms with van der Waals surface area (Å²) in [6.45, 7) is 1.87. The fraction of sp³-hybridized carbons (Fsp3) is 0.150. The molecule has 0 atom stereocenters. The number of thiazole rings is 1. The van der Waals surface area contributed by atoms with Crippen LogP contribution in [0, 0.1) is 5.82 Å². The number of nitrogens with zero attached hydrogens (tertiary/aromatic N) is 1. The Morgan fingerprint density at radius 3 is 2.74 bits per heavy atom. The summed E-state index contributed by atoms with van der Waals surface area (Å²) in [4.78, 5) is 27.8. The molecule has 7 heteroatoms. The molecule has 0 fully saturated rings. The Labute approximate surface area is 160 Å². The zero-order chi connectivity index (χ0) is 19.2. The first-order chi connectivity index (χ1) is 13.0. The van der Waals surface area contributed by atoms with Crippen molar-refractivity contribution in [1.29, 1.82) is 0 Å². The predicted molar refractivity (Wildman–Crippen MR) is 104 cm³/mol. The molecule has 1 aromatic heterocycles. The minimum Gasteiger partial charge on any atom is -0.352 e. The van der Waals surface area contributed by atoms with Crippen molar-refractivity contribution in [2.75, 3.05) is 11.9 Å². The molecule has 0 bridgehead atoms. The molecule has 138 valence electrons. The Morgan fingerprint density at radius 1 is 1.15 bits per heavy atom. The van der Waals surface area contributed by atoms with E-state index in [1.807, 2.05) is 29.6 Å². The summed E-state index contributed by atoms with van der Waals surface area (Å²) >= 11 is 1.50. The van der Waals surface area contributed by atoms with Crippen LogP contribution in [0.15, 0.2) is 53.9 Å². The lowest BCUT2D eigenvalue weighted by atomic mass is 10.2. The van der Waals surface area contributed by atoms with Gasteiger partial charge in [0.15, 0.2) is 0 Å². The summed E-state index contributed by atoms with van der Waals surface area (Å²) < 4.78 is 13.2. The van der Waals surface area contributed by atoms with Crippen LogP contribution < -0.4 is 10.6 Å². The first kappa shape index (κ1) is 18.7. The van der Waals surface area contributed by atoms with E-state index in [0.717, 1.165) is 22.0 Å². The number of halogens is 1. The molecular weight excluding hydrogens is 365 g/mol. The van der Waals surface area contributed by atoms with Crippen LogP contribution in [-0.2, 0) is 11.2 Å². The lowest BCUT2D eigenvalue weighted by Gasteiger charge is -2.04. The molecule has 2 aromatic carbocycles. The van der Waals surface area contributed by atoms with E-state index < -0.39 is 5.82 Å². The molecule has 0 spiro atoms. The predicted octanol–water partition coefficient (Wildman–Crippen LogP) is 3.88. The molecule has 0 radical (unpaired) electrons. The fourth-order valence-electron chi connectivity index (χ4n) is 2.52. The van der Waals surface area contributed by atoms with Gasteiger partial charge in [0.25, 0.3) is 5.91 Å². The summed E-state index contributed by atoms with van der Waals surface area (Å²) in [6, 6.07) is 13.1. The second-order valence-electron chi connectivity index (χ2n) is 5.92. The molecule has 3 rings (SSSR count).